The molecule has 1 fully saturated rings. The van der Waals surface area contributed by atoms with E-state index in [2.05, 4.69) is 5.32 Å². The van der Waals surface area contributed by atoms with Gasteiger partial charge in [-0.1, -0.05) is 42.5 Å². The Morgan fingerprint density at radius 2 is 1.56 bits per heavy atom. The quantitative estimate of drug-likeness (QED) is 0.790. The molecule has 2 aliphatic rings. The molecule has 0 radical (unpaired) electrons. The second kappa shape index (κ2) is 7.20. The van der Waals surface area contributed by atoms with Gasteiger partial charge in [-0.2, -0.15) is 0 Å². The predicted octanol–water partition coefficient (Wildman–Crippen LogP) is 1.98. The SMILES string of the molecule is O=C1N[C@@H](CN2C(=O)c3ccccc3C2=O)[C@H](COCc2ccccc2)O1. The Bertz CT molecular complexity index is 848. The molecule has 0 saturated carbocycles. The summed E-state index contributed by atoms with van der Waals surface area (Å²) >= 11 is 0. The fraction of sp³-hybridized carbons (Fsp3) is 0.250. The monoisotopic (exact) mass is 366 g/mol. The maximum absolute atomic E-state index is 12.5. The molecule has 1 saturated heterocycles. The molecular weight excluding hydrogens is 348 g/mol. The number of amides is 3. The minimum Gasteiger partial charge on any atom is -0.441 e. The molecule has 7 heteroatoms. The van der Waals surface area contributed by atoms with E-state index in [-0.39, 0.29) is 25.0 Å². The first-order valence-corrected chi connectivity index (χ1v) is 8.67. The van der Waals surface area contributed by atoms with Crippen LogP contribution in [0.5, 0.6) is 0 Å². The van der Waals surface area contributed by atoms with Gasteiger partial charge in [-0.05, 0) is 17.7 Å². The van der Waals surface area contributed by atoms with E-state index >= 15 is 0 Å². The summed E-state index contributed by atoms with van der Waals surface area (Å²) in [5, 5.41) is 2.66. The molecule has 2 heterocycles. The molecule has 0 aliphatic carbocycles. The third kappa shape index (κ3) is 3.41. The Labute approximate surface area is 155 Å². The molecular formula is C20H18N2O5. The summed E-state index contributed by atoms with van der Waals surface area (Å²) in [5.74, 6) is -0.721. The van der Waals surface area contributed by atoms with Crippen molar-refractivity contribution in [1.82, 2.24) is 10.2 Å². The summed E-state index contributed by atoms with van der Waals surface area (Å²) in [4.78, 5) is 37.8. The average Bonchev–Trinajstić information content (AvgIpc) is 3.15. The van der Waals surface area contributed by atoms with Crippen molar-refractivity contribution in [3.8, 4) is 0 Å². The van der Waals surface area contributed by atoms with Crippen molar-refractivity contribution in [2.45, 2.75) is 18.8 Å². The van der Waals surface area contributed by atoms with Crippen molar-refractivity contribution in [2.75, 3.05) is 13.2 Å². The van der Waals surface area contributed by atoms with Gasteiger partial charge < -0.3 is 14.8 Å². The molecule has 27 heavy (non-hydrogen) atoms. The van der Waals surface area contributed by atoms with Gasteiger partial charge in [0.2, 0.25) is 0 Å². The molecule has 2 aromatic rings. The van der Waals surface area contributed by atoms with Crippen LogP contribution < -0.4 is 5.32 Å². The van der Waals surface area contributed by atoms with Gasteiger partial charge in [0.05, 0.1) is 36.9 Å². The van der Waals surface area contributed by atoms with Crippen LogP contribution in [-0.4, -0.2) is 48.1 Å². The lowest BCUT2D eigenvalue weighted by Gasteiger charge is -2.22. The van der Waals surface area contributed by atoms with Gasteiger partial charge in [0, 0.05) is 0 Å². The summed E-state index contributed by atoms with van der Waals surface area (Å²) in [6.07, 6.45) is -1.16. The van der Waals surface area contributed by atoms with Crippen LogP contribution in [0.15, 0.2) is 54.6 Å². The normalized spacial score (nSPS) is 21.2. The van der Waals surface area contributed by atoms with Crippen LogP contribution in [-0.2, 0) is 16.1 Å². The number of carbonyl (C=O) groups is 3. The van der Waals surface area contributed by atoms with Crippen LogP contribution in [0.2, 0.25) is 0 Å². The Balaban J connectivity index is 1.39. The first kappa shape index (κ1) is 17.2. The second-order valence-electron chi connectivity index (χ2n) is 6.46. The van der Waals surface area contributed by atoms with Gasteiger partial charge in [0.15, 0.2) is 0 Å². The fourth-order valence-electron chi connectivity index (χ4n) is 3.28. The zero-order chi connectivity index (χ0) is 18.8. The standard InChI is InChI=1S/C20H18N2O5/c23-18-14-8-4-5-9-15(14)19(24)22(18)10-16-17(27-20(25)21-16)12-26-11-13-6-2-1-3-7-13/h1-9,16-17H,10-12H2,(H,21,25)/t16-,17-/m0/s1. The minimum absolute atomic E-state index is 0.0391. The molecule has 0 bridgehead atoms. The topological polar surface area (TPSA) is 84.9 Å². The molecule has 138 valence electrons. The predicted molar refractivity (Wildman–Crippen MR) is 95.1 cm³/mol. The molecule has 2 aromatic carbocycles. The van der Waals surface area contributed by atoms with Crippen molar-refractivity contribution in [3.63, 3.8) is 0 Å². The van der Waals surface area contributed by atoms with Gasteiger partial charge in [-0.3, -0.25) is 14.5 Å². The minimum atomic E-state index is -0.579. The lowest BCUT2D eigenvalue weighted by atomic mass is 10.1. The number of ether oxygens (including phenoxy) is 2. The van der Waals surface area contributed by atoms with Crippen LogP contribution in [0.1, 0.15) is 26.3 Å². The van der Waals surface area contributed by atoms with Gasteiger partial charge in [-0.15, -0.1) is 0 Å². The second-order valence-corrected chi connectivity index (χ2v) is 6.46. The number of imide groups is 1. The Hall–Kier alpha value is -3.19. The summed E-state index contributed by atoms with van der Waals surface area (Å²) in [6.45, 7) is 0.591. The van der Waals surface area contributed by atoms with E-state index < -0.39 is 18.2 Å². The molecule has 3 amide bonds. The third-order valence-electron chi connectivity index (χ3n) is 4.66. The van der Waals surface area contributed by atoms with Crippen molar-refractivity contribution in [2.24, 2.45) is 0 Å². The van der Waals surface area contributed by atoms with E-state index in [1.807, 2.05) is 30.3 Å². The van der Waals surface area contributed by atoms with Crippen LogP contribution in [0.3, 0.4) is 0 Å². The maximum atomic E-state index is 12.5. The molecule has 4 rings (SSSR count). The highest BCUT2D eigenvalue weighted by Crippen LogP contribution is 2.24. The maximum Gasteiger partial charge on any atom is 0.407 e. The number of nitrogens with zero attached hydrogens (tertiary/aromatic N) is 1. The first-order valence-electron chi connectivity index (χ1n) is 8.67. The van der Waals surface area contributed by atoms with Gasteiger partial charge in [0.1, 0.15) is 6.10 Å². The number of cyclic esters (lactones) is 1. The van der Waals surface area contributed by atoms with Crippen molar-refractivity contribution < 1.29 is 23.9 Å². The van der Waals surface area contributed by atoms with E-state index in [1.165, 1.54) is 0 Å². The number of fused-ring (bicyclic) bond motifs is 1. The molecule has 0 aromatic heterocycles. The first-order chi connectivity index (χ1) is 13.1. The zero-order valence-electron chi connectivity index (χ0n) is 14.5. The van der Waals surface area contributed by atoms with E-state index in [1.54, 1.807) is 24.3 Å². The number of alkyl carbamates (subject to hydrolysis) is 1. The Kier molecular flexibility index (Phi) is 4.60. The molecule has 7 nitrogen and oxygen atoms in total. The number of hydrogen-bond acceptors (Lipinski definition) is 5. The van der Waals surface area contributed by atoms with Gasteiger partial charge in [-0.25, -0.2) is 4.79 Å². The number of hydrogen-bond donors (Lipinski definition) is 1. The van der Waals surface area contributed by atoms with E-state index in [4.69, 9.17) is 9.47 Å². The van der Waals surface area contributed by atoms with E-state index in [0.29, 0.717) is 17.7 Å². The zero-order valence-corrected chi connectivity index (χ0v) is 14.5. The van der Waals surface area contributed by atoms with Crippen molar-refractivity contribution >= 4 is 17.9 Å². The van der Waals surface area contributed by atoms with Crippen LogP contribution in [0.25, 0.3) is 0 Å². The van der Waals surface area contributed by atoms with E-state index in [9.17, 15) is 14.4 Å². The smallest absolute Gasteiger partial charge is 0.407 e. The molecule has 0 spiro atoms. The highest BCUT2D eigenvalue weighted by molar-refractivity contribution is 6.21. The largest absolute Gasteiger partial charge is 0.441 e. The highest BCUT2D eigenvalue weighted by Gasteiger charge is 2.41. The molecule has 1 N–H and O–H groups in total. The highest BCUT2D eigenvalue weighted by atomic mass is 16.6. The Morgan fingerprint density at radius 3 is 2.22 bits per heavy atom. The van der Waals surface area contributed by atoms with Crippen molar-refractivity contribution in [1.29, 1.82) is 0 Å². The molecule has 2 atom stereocenters. The van der Waals surface area contributed by atoms with E-state index in [0.717, 1.165) is 10.5 Å². The average molecular weight is 366 g/mol. The fourth-order valence-corrected chi connectivity index (χ4v) is 3.28. The summed E-state index contributed by atoms with van der Waals surface area (Å²) < 4.78 is 10.9. The number of benzene rings is 2. The van der Waals surface area contributed by atoms with Crippen LogP contribution >= 0.6 is 0 Å². The third-order valence-corrected chi connectivity index (χ3v) is 4.66. The molecule has 0 unspecified atom stereocenters. The van der Waals surface area contributed by atoms with Crippen LogP contribution in [0.4, 0.5) is 4.79 Å². The Morgan fingerprint density at radius 1 is 0.926 bits per heavy atom. The number of nitrogens with one attached hydrogen (secondary N) is 1. The summed E-state index contributed by atoms with van der Waals surface area (Å²) in [7, 11) is 0. The number of carbonyl (C=O) groups excluding carboxylic acids is 3. The number of rotatable bonds is 6. The summed E-state index contributed by atoms with van der Waals surface area (Å²) in [5.41, 5.74) is 1.76. The lowest BCUT2D eigenvalue weighted by molar-refractivity contribution is 0.0230. The van der Waals surface area contributed by atoms with Crippen LogP contribution in [0, 0.1) is 0 Å². The molecule has 2 aliphatic heterocycles. The van der Waals surface area contributed by atoms with Gasteiger partial charge >= 0.3 is 6.09 Å². The summed E-state index contributed by atoms with van der Waals surface area (Å²) in [6, 6.07) is 15.8. The van der Waals surface area contributed by atoms with Gasteiger partial charge in [0.25, 0.3) is 11.8 Å². The van der Waals surface area contributed by atoms with Crippen molar-refractivity contribution in [3.05, 3.63) is 71.3 Å². The lowest BCUT2D eigenvalue weighted by Crippen LogP contribution is -2.46.